The highest BCUT2D eigenvalue weighted by Crippen LogP contribution is 2.36. The number of hydrogen-bond donors (Lipinski definition) is 0. The second-order valence-electron chi connectivity index (χ2n) is 6.08. The molecule has 0 bridgehead atoms. The van der Waals surface area contributed by atoms with E-state index in [1.807, 2.05) is 0 Å². The number of carbonyl (C=O) groups excluding carboxylic acids is 1. The van der Waals surface area contributed by atoms with Crippen LogP contribution in [0.1, 0.15) is 27.4 Å². The van der Waals surface area contributed by atoms with E-state index >= 15 is 0 Å². The van der Waals surface area contributed by atoms with E-state index in [0.29, 0.717) is 0 Å². The van der Waals surface area contributed by atoms with Crippen LogP contribution in [-0.4, -0.2) is 20.5 Å². The van der Waals surface area contributed by atoms with Gasteiger partial charge in [0, 0.05) is 12.3 Å². The largest absolute Gasteiger partial charge is 0.417 e. The first-order valence-electron chi connectivity index (χ1n) is 8.22. The summed E-state index contributed by atoms with van der Waals surface area (Å²) in [6.45, 7) is 0. The van der Waals surface area contributed by atoms with Crippen molar-refractivity contribution in [1.29, 1.82) is 5.26 Å². The number of ketones is 1. The number of benzene rings is 2. The van der Waals surface area contributed by atoms with E-state index in [1.54, 1.807) is 6.07 Å². The van der Waals surface area contributed by atoms with Gasteiger partial charge in [0.05, 0.1) is 44.6 Å². The van der Waals surface area contributed by atoms with Crippen molar-refractivity contribution in [3.8, 4) is 11.8 Å². The van der Waals surface area contributed by atoms with Gasteiger partial charge in [0.2, 0.25) is 0 Å². The summed E-state index contributed by atoms with van der Waals surface area (Å²) in [5.74, 6) is -2.26. The van der Waals surface area contributed by atoms with Crippen molar-refractivity contribution in [1.82, 2.24) is 9.78 Å². The topological polar surface area (TPSA) is 102 Å². The van der Waals surface area contributed by atoms with Crippen LogP contribution in [0, 0.1) is 21.4 Å². The molecular weight excluding hydrogens is 425 g/mol. The summed E-state index contributed by atoms with van der Waals surface area (Å²) in [6, 6.07) is 10.2. The number of nitro benzene ring substituents is 1. The lowest BCUT2D eigenvalue weighted by Crippen LogP contribution is -2.12. The quantitative estimate of drug-likeness (QED) is 0.321. The number of nitrogens with zero attached hydrogens (tertiary/aromatic N) is 4. The van der Waals surface area contributed by atoms with Crippen molar-refractivity contribution in [3.63, 3.8) is 0 Å². The minimum Gasteiger partial charge on any atom is -0.292 e. The van der Waals surface area contributed by atoms with Crippen LogP contribution >= 0.6 is 11.6 Å². The van der Waals surface area contributed by atoms with E-state index in [2.05, 4.69) is 5.10 Å². The van der Waals surface area contributed by atoms with E-state index < -0.39 is 39.1 Å². The van der Waals surface area contributed by atoms with Gasteiger partial charge in [0.1, 0.15) is 5.92 Å². The molecule has 11 heteroatoms. The molecule has 1 unspecified atom stereocenters. The molecule has 3 rings (SSSR count). The first kappa shape index (κ1) is 21.0. The number of nitriles is 1. The average Bonchev–Trinajstić information content (AvgIpc) is 3.18. The molecule has 1 atom stereocenters. The van der Waals surface area contributed by atoms with Gasteiger partial charge >= 0.3 is 6.18 Å². The molecule has 0 aliphatic carbocycles. The number of alkyl halides is 3. The van der Waals surface area contributed by atoms with Gasteiger partial charge in [-0.3, -0.25) is 14.9 Å². The molecule has 2 aromatic carbocycles. The predicted molar refractivity (Wildman–Crippen MR) is 99.4 cm³/mol. The molecule has 0 aliphatic rings. The molecule has 152 valence electrons. The van der Waals surface area contributed by atoms with Gasteiger partial charge in [-0.2, -0.15) is 23.5 Å². The van der Waals surface area contributed by atoms with Crippen LogP contribution < -0.4 is 0 Å². The molecular formula is C19H10ClF3N4O3. The molecule has 1 heterocycles. The van der Waals surface area contributed by atoms with Crippen molar-refractivity contribution in [2.24, 2.45) is 0 Å². The maximum Gasteiger partial charge on any atom is 0.417 e. The Bertz CT molecular complexity index is 1180. The third kappa shape index (κ3) is 4.01. The number of rotatable bonds is 5. The summed E-state index contributed by atoms with van der Waals surface area (Å²) in [7, 11) is 0. The van der Waals surface area contributed by atoms with Gasteiger partial charge in [-0.25, -0.2) is 4.68 Å². The molecule has 0 amide bonds. The third-order valence-electron chi connectivity index (χ3n) is 4.22. The average molecular weight is 435 g/mol. The summed E-state index contributed by atoms with van der Waals surface area (Å²) in [5.41, 5.74) is -1.65. The highest BCUT2D eigenvalue weighted by Gasteiger charge is 2.34. The van der Waals surface area contributed by atoms with Gasteiger partial charge in [-0.05, 0) is 18.2 Å². The van der Waals surface area contributed by atoms with Gasteiger partial charge in [0.25, 0.3) is 5.69 Å². The third-order valence-corrected chi connectivity index (χ3v) is 4.55. The molecule has 0 fully saturated rings. The predicted octanol–water partition coefficient (Wildman–Crippen LogP) is 4.94. The van der Waals surface area contributed by atoms with Crippen molar-refractivity contribution < 1.29 is 22.9 Å². The minimum atomic E-state index is -4.68. The van der Waals surface area contributed by atoms with E-state index in [0.717, 1.165) is 29.2 Å². The molecule has 0 N–H and O–H groups in total. The monoisotopic (exact) mass is 434 g/mol. The molecule has 0 radical (unpaired) electrons. The Morgan fingerprint density at radius 2 is 1.97 bits per heavy atom. The van der Waals surface area contributed by atoms with Gasteiger partial charge < -0.3 is 0 Å². The van der Waals surface area contributed by atoms with Crippen molar-refractivity contribution in [2.45, 2.75) is 12.1 Å². The van der Waals surface area contributed by atoms with Crippen LogP contribution in [0.4, 0.5) is 18.9 Å². The Morgan fingerprint density at radius 3 is 2.60 bits per heavy atom. The van der Waals surface area contributed by atoms with Gasteiger partial charge in [-0.1, -0.05) is 29.8 Å². The normalized spacial score (nSPS) is 12.2. The van der Waals surface area contributed by atoms with E-state index in [4.69, 9.17) is 11.6 Å². The molecule has 1 aromatic heterocycles. The highest BCUT2D eigenvalue weighted by atomic mass is 35.5. The van der Waals surface area contributed by atoms with E-state index in [-0.39, 0.29) is 16.8 Å². The van der Waals surface area contributed by atoms with Crippen LogP contribution in [0.15, 0.2) is 54.9 Å². The Labute approximate surface area is 172 Å². The zero-order valence-electron chi connectivity index (χ0n) is 14.8. The maximum absolute atomic E-state index is 13.1. The second-order valence-corrected chi connectivity index (χ2v) is 6.48. The van der Waals surface area contributed by atoms with Crippen LogP contribution in [0.25, 0.3) is 5.69 Å². The van der Waals surface area contributed by atoms with E-state index in [9.17, 15) is 33.3 Å². The SMILES string of the molecule is N#CC(C(=O)c1cnn(-c2ccc(Cl)c(C(F)(F)F)c2)c1)c1ccccc1[N+](=O)[O-]. The fourth-order valence-electron chi connectivity index (χ4n) is 2.80. The van der Waals surface area contributed by atoms with Crippen molar-refractivity contribution in [3.05, 3.63) is 86.7 Å². The molecule has 7 nitrogen and oxygen atoms in total. The summed E-state index contributed by atoms with van der Waals surface area (Å²) in [4.78, 5) is 23.3. The second kappa shape index (κ2) is 7.96. The highest BCUT2D eigenvalue weighted by molar-refractivity contribution is 6.31. The lowest BCUT2D eigenvalue weighted by molar-refractivity contribution is -0.385. The number of para-hydroxylation sites is 1. The lowest BCUT2D eigenvalue weighted by atomic mass is 9.92. The van der Waals surface area contributed by atoms with Crippen molar-refractivity contribution >= 4 is 23.1 Å². The van der Waals surface area contributed by atoms with E-state index in [1.165, 1.54) is 30.3 Å². The fourth-order valence-corrected chi connectivity index (χ4v) is 3.02. The standard InChI is InChI=1S/C19H10ClF3N4O3/c20-16-6-5-12(7-15(16)19(21,22)23)26-10-11(9-25-26)18(28)14(8-24)13-3-1-2-4-17(13)27(29)30/h1-7,9-10,14H. The van der Waals surface area contributed by atoms with Crippen LogP contribution in [0.2, 0.25) is 5.02 Å². The molecule has 0 saturated heterocycles. The molecule has 0 aliphatic heterocycles. The number of halogens is 4. The first-order valence-corrected chi connectivity index (χ1v) is 8.60. The lowest BCUT2D eigenvalue weighted by Gasteiger charge is -2.11. The first-order chi connectivity index (χ1) is 14.1. The Kier molecular flexibility index (Phi) is 5.58. The number of nitro groups is 1. The Balaban J connectivity index is 1.98. The van der Waals surface area contributed by atoms with Crippen LogP contribution in [0.5, 0.6) is 0 Å². The fraction of sp³-hybridized carbons (Fsp3) is 0.105. The minimum absolute atomic E-state index is 0.00928. The number of hydrogen-bond acceptors (Lipinski definition) is 5. The smallest absolute Gasteiger partial charge is 0.292 e. The molecule has 3 aromatic rings. The number of Topliss-reactive ketones (excluding diaryl/α,β-unsaturated/α-hetero) is 1. The summed E-state index contributed by atoms with van der Waals surface area (Å²) >= 11 is 5.60. The number of carbonyl (C=O) groups is 1. The number of aromatic nitrogens is 2. The van der Waals surface area contributed by atoms with Crippen molar-refractivity contribution in [2.75, 3.05) is 0 Å². The van der Waals surface area contributed by atoms with Gasteiger partial charge in [0.15, 0.2) is 5.78 Å². The molecule has 0 saturated carbocycles. The molecule has 30 heavy (non-hydrogen) atoms. The molecule has 0 spiro atoms. The maximum atomic E-state index is 13.1. The summed E-state index contributed by atoms with van der Waals surface area (Å²) < 4.78 is 40.2. The summed E-state index contributed by atoms with van der Waals surface area (Å²) in [6.07, 6.45) is -2.47. The van der Waals surface area contributed by atoms with Crippen LogP contribution in [0.3, 0.4) is 0 Å². The Hall–Kier alpha value is -3.71. The van der Waals surface area contributed by atoms with Gasteiger partial charge in [-0.15, -0.1) is 0 Å². The Morgan fingerprint density at radius 1 is 1.27 bits per heavy atom. The zero-order valence-corrected chi connectivity index (χ0v) is 15.6. The van der Waals surface area contributed by atoms with Crippen LogP contribution in [-0.2, 0) is 6.18 Å². The zero-order chi connectivity index (χ0) is 22.1. The summed E-state index contributed by atoms with van der Waals surface area (Å²) in [5, 5.41) is 24.0.